The maximum absolute atomic E-state index is 10.7. The van der Waals surface area contributed by atoms with Gasteiger partial charge in [-0.05, 0) is 19.3 Å². The Hall–Kier alpha value is -1.03. The molecule has 0 aliphatic carbocycles. The molecule has 1 atom stereocenters. The first-order chi connectivity index (χ1) is 6.83. The lowest BCUT2D eigenvalue weighted by Crippen LogP contribution is -2.15. The fraction of sp³-hybridized carbons (Fsp3) is 0.700. The molecule has 0 spiro atoms. The van der Waals surface area contributed by atoms with Crippen molar-refractivity contribution in [1.82, 2.24) is 5.32 Å². The molecule has 1 rings (SSSR count). The quantitative estimate of drug-likeness (QED) is 0.405. The third kappa shape index (κ3) is 4.28. The topological polar surface area (TPSA) is 47.6 Å². The van der Waals surface area contributed by atoms with Gasteiger partial charge in [-0.1, -0.05) is 0 Å². The smallest absolute Gasteiger partial charge is 0.331 e. The van der Waals surface area contributed by atoms with E-state index < -0.39 is 0 Å². The van der Waals surface area contributed by atoms with Crippen molar-refractivity contribution in [2.75, 3.05) is 20.3 Å². The number of hydrogen-bond donors (Lipinski definition) is 1. The molecule has 1 N–H and O–H groups in total. The highest BCUT2D eigenvalue weighted by molar-refractivity contribution is 5.81. The van der Waals surface area contributed by atoms with Crippen LogP contribution in [-0.2, 0) is 14.3 Å². The van der Waals surface area contributed by atoms with E-state index in [1.165, 1.54) is 19.6 Å². The molecule has 0 amide bonds. The summed E-state index contributed by atoms with van der Waals surface area (Å²) in [6, 6.07) is 0. The van der Waals surface area contributed by atoms with Gasteiger partial charge in [0.25, 0.3) is 0 Å². The lowest BCUT2D eigenvalue weighted by molar-refractivity contribution is -0.134. The summed E-state index contributed by atoms with van der Waals surface area (Å²) in [5, 5.41) is 3.02. The molecule has 4 heteroatoms. The Balaban J connectivity index is 1.98. The summed E-state index contributed by atoms with van der Waals surface area (Å²) in [7, 11) is 1.36. The number of esters is 1. The highest BCUT2D eigenvalue weighted by Gasteiger charge is 2.13. The van der Waals surface area contributed by atoms with Crippen LogP contribution in [0.2, 0.25) is 0 Å². The predicted octanol–water partition coefficient (Wildman–Crippen LogP) is 0.832. The maximum atomic E-state index is 10.7. The van der Waals surface area contributed by atoms with Crippen LogP contribution in [0.5, 0.6) is 0 Å². The van der Waals surface area contributed by atoms with Crippen LogP contribution in [0.1, 0.15) is 19.3 Å². The molecule has 1 aliphatic rings. The highest BCUT2D eigenvalue weighted by Crippen LogP contribution is 2.14. The monoisotopic (exact) mass is 199 g/mol. The molecular formula is C10H17NO3. The Kier molecular flexibility index (Phi) is 5.07. The minimum Gasteiger partial charge on any atom is -0.466 e. The van der Waals surface area contributed by atoms with E-state index >= 15 is 0 Å². The van der Waals surface area contributed by atoms with Crippen LogP contribution in [-0.4, -0.2) is 32.3 Å². The molecule has 0 saturated carbocycles. The normalized spacial score (nSPS) is 21.4. The number of carbonyl (C=O) groups is 1. The fourth-order valence-electron chi connectivity index (χ4n) is 1.39. The predicted molar refractivity (Wildman–Crippen MR) is 52.7 cm³/mol. The van der Waals surface area contributed by atoms with E-state index in [1.54, 1.807) is 6.20 Å². The van der Waals surface area contributed by atoms with Crippen LogP contribution in [0.25, 0.3) is 0 Å². The van der Waals surface area contributed by atoms with Crippen LogP contribution < -0.4 is 5.32 Å². The van der Waals surface area contributed by atoms with Gasteiger partial charge in [0.1, 0.15) is 0 Å². The first-order valence-electron chi connectivity index (χ1n) is 4.92. The van der Waals surface area contributed by atoms with E-state index in [0.29, 0.717) is 6.10 Å². The maximum Gasteiger partial charge on any atom is 0.331 e. The Morgan fingerprint density at radius 2 is 2.57 bits per heavy atom. The number of rotatable bonds is 5. The third-order valence-electron chi connectivity index (χ3n) is 2.17. The zero-order valence-electron chi connectivity index (χ0n) is 8.49. The van der Waals surface area contributed by atoms with E-state index in [0.717, 1.165) is 26.0 Å². The fourth-order valence-corrected chi connectivity index (χ4v) is 1.39. The third-order valence-corrected chi connectivity index (χ3v) is 2.17. The Labute approximate surface area is 84.3 Å². The molecule has 4 nitrogen and oxygen atoms in total. The van der Waals surface area contributed by atoms with Crippen molar-refractivity contribution >= 4 is 5.97 Å². The molecule has 0 aromatic carbocycles. The first kappa shape index (κ1) is 11.0. The van der Waals surface area contributed by atoms with Crippen molar-refractivity contribution in [1.29, 1.82) is 0 Å². The van der Waals surface area contributed by atoms with Gasteiger partial charge in [0.05, 0.1) is 13.2 Å². The van der Waals surface area contributed by atoms with Crippen LogP contribution in [0.3, 0.4) is 0 Å². The summed E-state index contributed by atoms with van der Waals surface area (Å²) in [5.74, 6) is -0.338. The summed E-state index contributed by atoms with van der Waals surface area (Å²) in [5.41, 5.74) is 0. The number of carbonyl (C=O) groups excluding carboxylic acids is 1. The number of ether oxygens (including phenoxy) is 2. The number of hydrogen-bond acceptors (Lipinski definition) is 4. The van der Waals surface area contributed by atoms with Gasteiger partial charge in [-0.3, -0.25) is 0 Å². The van der Waals surface area contributed by atoms with E-state index in [1.807, 2.05) is 0 Å². The van der Waals surface area contributed by atoms with Gasteiger partial charge in [-0.15, -0.1) is 0 Å². The SMILES string of the molecule is COC(=O)/C=C/NCCC1CCCO1. The second-order valence-electron chi connectivity index (χ2n) is 3.23. The lowest BCUT2D eigenvalue weighted by atomic mass is 10.2. The van der Waals surface area contributed by atoms with E-state index in [9.17, 15) is 4.79 Å². The van der Waals surface area contributed by atoms with Gasteiger partial charge in [0.15, 0.2) is 0 Å². The van der Waals surface area contributed by atoms with Crippen molar-refractivity contribution in [3.8, 4) is 0 Å². The van der Waals surface area contributed by atoms with E-state index in [-0.39, 0.29) is 5.97 Å². The zero-order valence-corrected chi connectivity index (χ0v) is 8.49. The van der Waals surface area contributed by atoms with Crippen molar-refractivity contribution in [2.24, 2.45) is 0 Å². The molecule has 0 aromatic heterocycles. The molecule has 0 aromatic rings. The van der Waals surface area contributed by atoms with Crippen LogP contribution in [0.15, 0.2) is 12.3 Å². The van der Waals surface area contributed by atoms with Crippen molar-refractivity contribution in [3.05, 3.63) is 12.3 Å². The van der Waals surface area contributed by atoms with Crippen molar-refractivity contribution in [3.63, 3.8) is 0 Å². The van der Waals surface area contributed by atoms with Gasteiger partial charge in [-0.25, -0.2) is 4.79 Å². The molecule has 1 unspecified atom stereocenters. The van der Waals surface area contributed by atoms with Crippen molar-refractivity contribution in [2.45, 2.75) is 25.4 Å². The summed E-state index contributed by atoms with van der Waals surface area (Å²) >= 11 is 0. The van der Waals surface area contributed by atoms with E-state index in [4.69, 9.17) is 4.74 Å². The molecule has 80 valence electrons. The summed E-state index contributed by atoms with van der Waals surface area (Å²) in [4.78, 5) is 10.7. The van der Waals surface area contributed by atoms with E-state index in [2.05, 4.69) is 10.1 Å². The van der Waals surface area contributed by atoms with Crippen LogP contribution in [0, 0.1) is 0 Å². The van der Waals surface area contributed by atoms with Gasteiger partial charge in [-0.2, -0.15) is 0 Å². The Morgan fingerprint density at radius 1 is 1.71 bits per heavy atom. The Bertz CT molecular complexity index is 198. The number of nitrogens with one attached hydrogen (secondary N) is 1. The average molecular weight is 199 g/mol. The van der Waals surface area contributed by atoms with Gasteiger partial charge in [0, 0.05) is 25.4 Å². The second kappa shape index (κ2) is 6.43. The first-order valence-corrected chi connectivity index (χ1v) is 4.92. The molecular weight excluding hydrogens is 182 g/mol. The minimum absolute atomic E-state index is 0.338. The van der Waals surface area contributed by atoms with Crippen LogP contribution >= 0.6 is 0 Å². The molecule has 0 bridgehead atoms. The Morgan fingerprint density at radius 3 is 3.21 bits per heavy atom. The van der Waals surface area contributed by atoms with Gasteiger partial charge in [0.2, 0.25) is 0 Å². The summed E-state index contributed by atoms with van der Waals surface area (Å²) in [6.45, 7) is 1.72. The standard InChI is InChI=1S/C10H17NO3/c1-13-10(12)5-7-11-6-4-9-3-2-8-14-9/h5,7,9,11H,2-4,6,8H2,1H3/b7-5+. The minimum atomic E-state index is -0.338. The zero-order chi connectivity index (χ0) is 10.2. The van der Waals surface area contributed by atoms with Gasteiger partial charge >= 0.3 is 5.97 Å². The largest absolute Gasteiger partial charge is 0.466 e. The second-order valence-corrected chi connectivity index (χ2v) is 3.23. The molecule has 1 heterocycles. The van der Waals surface area contributed by atoms with Crippen LogP contribution in [0.4, 0.5) is 0 Å². The molecule has 0 radical (unpaired) electrons. The lowest BCUT2D eigenvalue weighted by Gasteiger charge is -2.07. The summed E-state index contributed by atoms with van der Waals surface area (Å²) < 4.78 is 9.89. The summed E-state index contributed by atoms with van der Waals surface area (Å²) in [6.07, 6.45) is 6.70. The van der Waals surface area contributed by atoms with Crippen molar-refractivity contribution < 1.29 is 14.3 Å². The van der Waals surface area contributed by atoms with Gasteiger partial charge < -0.3 is 14.8 Å². The number of methoxy groups -OCH3 is 1. The highest BCUT2D eigenvalue weighted by atomic mass is 16.5. The molecule has 1 fully saturated rings. The molecule has 14 heavy (non-hydrogen) atoms. The average Bonchev–Trinajstić information content (AvgIpc) is 2.69. The molecule has 1 saturated heterocycles. The molecule has 1 aliphatic heterocycles.